The number of rotatable bonds is 7. The van der Waals surface area contributed by atoms with Crippen LogP contribution in [0.25, 0.3) is 5.65 Å². The van der Waals surface area contributed by atoms with Crippen LogP contribution in [0.1, 0.15) is 44.4 Å². The smallest absolute Gasteiger partial charge is 0.223 e. The molecule has 0 unspecified atom stereocenters. The summed E-state index contributed by atoms with van der Waals surface area (Å²) in [6.45, 7) is 6.79. The fourth-order valence-corrected chi connectivity index (χ4v) is 2.47. The Bertz CT molecular complexity index is 601. The third-order valence-corrected chi connectivity index (χ3v) is 3.79. The van der Waals surface area contributed by atoms with Gasteiger partial charge in [0.05, 0.1) is 5.69 Å². The Morgan fingerprint density at radius 2 is 2.14 bits per heavy atom. The van der Waals surface area contributed by atoms with Gasteiger partial charge < -0.3 is 5.32 Å². The van der Waals surface area contributed by atoms with Crippen LogP contribution in [0, 0.1) is 12.8 Å². The average molecular weight is 288 g/mol. The molecule has 5 nitrogen and oxygen atoms in total. The van der Waals surface area contributed by atoms with Gasteiger partial charge in [0.2, 0.25) is 5.91 Å². The number of aryl methyl sites for hydroxylation is 2. The Balaban J connectivity index is 1.81. The Kier molecular flexibility index (Phi) is 5.31. The SMILES string of the molecule is CCC(CC)C(=O)NCCCc1cnc2cc(C)nn2c1. The molecule has 0 radical (unpaired) electrons. The van der Waals surface area contributed by atoms with E-state index in [-0.39, 0.29) is 11.8 Å². The topological polar surface area (TPSA) is 59.3 Å². The lowest BCUT2D eigenvalue weighted by molar-refractivity contribution is -0.125. The lowest BCUT2D eigenvalue weighted by atomic mass is 10.0. The Labute approximate surface area is 125 Å². The molecule has 0 aromatic carbocycles. The summed E-state index contributed by atoms with van der Waals surface area (Å²) in [5.74, 6) is 0.325. The number of nitrogens with one attached hydrogen (secondary N) is 1. The molecule has 1 amide bonds. The molecule has 0 aliphatic carbocycles. The molecule has 2 aromatic rings. The van der Waals surface area contributed by atoms with Crippen LogP contribution < -0.4 is 5.32 Å². The van der Waals surface area contributed by atoms with E-state index in [1.807, 2.05) is 29.9 Å². The minimum atomic E-state index is 0.148. The molecule has 0 bridgehead atoms. The van der Waals surface area contributed by atoms with Crippen molar-refractivity contribution in [2.75, 3.05) is 6.54 Å². The van der Waals surface area contributed by atoms with Crippen LogP contribution in [-0.2, 0) is 11.2 Å². The zero-order valence-corrected chi connectivity index (χ0v) is 13.1. The van der Waals surface area contributed by atoms with Crippen molar-refractivity contribution in [1.29, 1.82) is 0 Å². The molecule has 2 heterocycles. The molecule has 0 saturated carbocycles. The van der Waals surface area contributed by atoms with Gasteiger partial charge in [0.25, 0.3) is 0 Å². The van der Waals surface area contributed by atoms with Gasteiger partial charge in [-0.1, -0.05) is 13.8 Å². The van der Waals surface area contributed by atoms with Gasteiger partial charge in [0.1, 0.15) is 0 Å². The van der Waals surface area contributed by atoms with Gasteiger partial charge in [-0.05, 0) is 38.2 Å². The van der Waals surface area contributed by atoms with Crippen molar-refractivity contribution < 1.29 is 4.79 Å². The Morgan fingerprint density at radius 1 is 1.38 bits per heavy atom. The van der Waals surface area contributed by atoms with Gasteiger partial charge in [-0.3, -0.25) is 4.79 Å². The van der Waals surface area contributed by atoms with E-state index in [2.05, 4.69) is 29.2 Å². The molecule has 0 saturated heterocycles. The molecule has 2 rings (SSSR count). The van der Waals surface area contributed by atoms with Gasteiger partial charge in [0, 0.05) is 30.9 Å². The van der Waals surface area contributed by atoms with Crippen LogP contribution in [0.2, 0.25) is 0 Å². The molecule has 0 atom stereocenters. The number of fused-ring (bicyclic) bond motifs is 1. The molecule has 21 heavy (non-hydrogen) atoms. The molecule has 114 valence electrons. The normalized spacial score (nSPS) is 11.2. The molecule has 2 aromatic heterocycles. The highest BCUT2D eigenvalue weighted by Gasteiger charge is 2.12. The third kappa shape index (κ3) is 4.03. The summed E-state index contributed by atoms with van der Waals surface area (Å²) in [6, 6.07) is 1.96. The second-order valence-corrected chi connectivity index (χ2v) is 5.46. The second-order valence-electron chi connectivity index (χ2n) is 5.46. The van der Waals surface area contributed by atoms with E-state index in [4.69, 9.17) is 0 Å². The number of amides is 1. The highest BCUT2D eigenvalue weighted by molar-refractivity contribution is 5.78. The molecular weight excluding hydrogens is 264 g/mol. The zero-order valence-electron chi connectivity index (χ0n) is 13.1. The number of hydrogen-bond donors (Lipinski definition) is 1. The molecule has 0 spiro atoms. The van der Waals surface area contributed by atoms with Crippen molar-refractivity contribution >= 4 is 11.6 Å². The maximum Gasteiger partial charge on any atom is 0.223 e. The molecule has 0 aliphatic rings. The van der Waals surface area contributed by atoms with Gasteiger partial charge in [-0.15, -0.1) is 0 Å². The van der Waals surface area contributed by atoms with E-state index in [9.17, 15) is 4.79 Å². The quantitative estimate of drug-likeness (QED) is 0.796. The van der Waals surface area contributed by atoms with Gasteiger partial charge in [0.15, 0.2) is 5.65 Å². The predicted molar refractivity (Wildman–Crippen MR) is 83.1 cm³/mol. The summed E-state index contributed by atoms with van der Waals surface area (Å²) in [6.07, 6.45) is 7.52. The monoisotopic (exact) mass is 288 g/mol. The summed E-state index contributed by atoms with van der Waals surface area (Å²) in [5.41, 5.74) is 2.98. The summed E-state index contributed by atoms with van der Waals surface area (Å²) in [5, 5.41) is 7.37. The minimum Gasteiger partial charge on any atom is -0.356 e. The van der Waals surface area contributed by atoms with E-state index in [0.29, 0.717) is 6.54 Å². The first-order chi connectivity index (χ1) is 10.1. The third-order valence-electron chi connectivity index (χ3n) is 3.79. The molecule has 0 aliphatic heterocycles. The second kappa shape index (κ2) is 7.20. The van der Waals surface area contributed by atoms with Crippen LogP contribution in [0.15, 0.2) is 18.5 Å². The standard InChI is InChI=1S/C16H24N4O/c1-4-14(5-2)16(21)17-8-6-7-13-10-18-15-9-12(3)19-20(15)11-13/h9-11,14H,4-8H2,1-3H3,(H,17,21). The van der Waals surface area contributed by atoms with E-state index in [0.717, 1.165) is 42.6 Å². The van der Waals surface area contributed by atoms with E-state index in [1.54, 1.807) is 0 Å². The number of aromatic nitrogens is 3. The largest absolute Gasteiger partial charge is 0.356 e. The van der Waals surface area contributed by atoms with Crippen molar-refractivity contribution in [2.24, 2.45) is 5.92 Å². The lowest BCUT2D eigenvalue weighted by Gasteiger charge is -2.12. The van der Waals surface area contributed by atoms with Gasteiger partial charge in [-0.25, -0.2) is 9.50 Å². The van der Waals surface area contributed by atoms with Crippen molar-refractivity contribution in [1.82, 2.24) is 19.9 Å². The zero-order chi connectivity index (χ0) is 15.2. The van der Waals surface area contributed by atoms with E-state index >= 15 is 0 Å². The van der Waals surface area contributed by atoms with Crippen molar-refractivity contribution in [2.45, 2.75) is 46.5 Å². The summed E-state index contributed by atoms with van der Waals surface area (Å²) in [7, 11) is 0. The van der Waals surface area contributed by atoms with Crippen molar-refractivity contribution in [3.05, 3.63) is 29.7 Å². The fraction of sp³-hybridized carbons (Fsp3) is 0.562. The van der Waals surface area contributed by atoms with Crippen molar-refractivity contribution in [3.8, 4) is 0 Å². The number of hydrogen-bond acceptors (Lipinski definition) is 3. The summed E-state index contributed by atoms with van der Waals surface area (Å²) in [4.78, 5) is 16.2. The van der Waals surface area contributed by atoms with E-state index in [1.165, 1.54) is 0 Å². The highest BCUT2D eigenvalue weighted by atomic mass is 16.1. The Hall–Kier alpha value is -1.91. The van der Waals surface area contributed by atoms with Crippen LogP contribution in [-0.4, -0.2) is 27.0 Å². The number of carbonyl (C=O) groups excluding carboxylic acids is 1. The first kappa shape index (κ1) is 15.5. The average Bonchev–Trinajstić information content (AvgIpc) is 2.84. The van der Waals surface area contributed by atoms with Crippen LogP contribution in [0.3, 0.4) is 0 Å². The lowest BCUT2D eigenvalue weighted by Crippen LogP contribution is -2.31. The first-order valence-electron chi connectivity index (χ1n) is 7.72. The minimum absolute atomic E-state index is 0.148. The van der Waals surface area contributed by atoms with Crippen molar-refractivity contribution in [3.63, 3.8) is 0 Å². The van der Waals surface area contributed by atoms with Gasteiger partial charge in [-0.2, -0.15) is 5.10 Å². The molecular formula is C16H24N4O. The van der Waals surface area contributed by atoms with E-state index < -0.39 is 0 Å². The maximum absolute atomic E-state index is 11.9. The predicted octanol–water partition coefficient (Wildman–Crippen LogP) is 2.52. The fourth-order valence-electron chi connectivity index (χ4n) is 2.47. The number of carbonyl (C=O) groups is 1. The van der Waals surface area contributed by atoms with Gasteiger partial charge >= 0.3 is 0 Å². The Morgan fingerprint density at radius 3 is 2.86 bits per heavy atom. The summed E-state index contributed by atoms with van der Waals surface area (Å²) >= 11 is 0. The number of nitrogens with zero attached hydrogens (tertiary/aromatic N) is 3. The molecule has 5 heteroatoms. The van der Waals surface area contributed by atoms with Crippen LogP contribution in [0.4, 0.5) is 0 Å². The molecule has 0 fully saturated rings. The first-order valence-corrected chi connectivity index (χ1v) is 7.72. The highest BCUT2D eigenvalue weighted by Crippen LogP contribution is 2.08. The maximum atomic E-state index is 11.9. The molecule has 1 N–H and O–H groups in total. The summed E-state index contributed by atoms with van der Waals surface area (Å²) < 4.78 is 1.81. The van der Waals surface area contributed by atoms with Crippen LogP contribution >= 0.6 is 0 Å². The van der Waals surface area contributed by atoms with Crippen LogP contribution in [0.5, 0.6) is 0 Å².